The third-order valence-electron chi connectivity index (χ3n) is 5.72. The van der Waals surface area contributed by atoms with E-state index in [9.17, 15) is 13.2 Å². The van der Waals surface area contributed by atoms with Gasteiger partial charge in [0.2, 0.25) is 11.9 Å². The van der Waals surface area contributed by atoms with Crippen molar-refractivity contribution < 1.29 is 27.1 Å². The Morgan fingerprint density at radius 3 is 2.62 bits per heavy atom. The summed E-state index contributed by atoms with van der Waals surface area (Å²) in [7, 11) is 0. The lowest BCUT2D eigenvalue weighted by Crippen LogP contribution is -2.39. The lowest BCUT2D eigenvalue weighted by Gasteiger charge is -2.26. The van der Waals surface area contributed by atoms with Gasteiger partial charge in [-0.3, -0.25) is 9.89 Å². The van der Waals surface area contributed by atoms with Gasteiger partial charge in [0.05, 0.1) is 25.4 Å². The van der Waals surface area contributed by atoms with Gasteiger partial charge < -0.3 is 24.5 Å². The zero-order valence-corrected chi connectivity index (χ0v) is 20.1. The van der Waals surface area contributed by atoms with E-state index in [2.05, 4.69) is 30.5 Å². The summed E-state index contributed by atoms with van der Waals surface area (Å²) in [4.78, 5) is 19.3. The molecule has 2 aromatic heterocycles. The minimum absolute atomic E-state index is 0.0285. The number of ether oxygens (including phenoxy) is 2. The van der Waals surface area contributed by atoms with E-state index in [1.54, 1.807) is 12.1 Å². The third kappa shape index (κ3) is 6.95. The molecule has 2 N–H and O–H groups in total. The first-order valence-electron chi connectivity index (χ1n) is 11.8. The van der Waals surface area contributed by atoms with Crippen LogP contribution in [-0.2, 0) is 17.7 Å². The number of hydrogen-bond acceptors (Lipinski definition) is 10. The van der Waals surface area contributed by atoms with Crippen molar-refractivity contribution in [2.45, 2.75) is 26.1 Å². The van der Waals surface area contributed by atoms with Crippen LogP contribution in [0.4, 0.5) is 36.4 Å². The number of halogens is 3. The Bertz CT molecular complexity index is 1270. The molecule has 0 amide bonds. The summed E-state index contributed by atoms with van der Waals surface area (Å²) in [6.45, 7) is 4.54. The fourth-order valence-corrected chi connectivity index (χ4v) is 4.01. The summed E-state index contributed by atoms with van der Waals surface area (Å²) < 4.78 is 53.8. The second-order valence-corrected chi connectivity index (χ2v) is 8.75. The fraction of sp³-hybridized carbons (Fsp3) is 0.417. The van der Waals surface area contributed by atoms with E-state index in [4.69, 9.17) is 18.9 Å². The molecule has 37 heavy (non-hydrogen) atoms. The minimum atomic E-state index is -4.53. The first kappa shape index (κ1) is 25.0. The number of rotatable bonds is 9. The average Bonchev–Trinajstić information content (AvgIpc) is 3.46. The summed E-state index contributed by atoms with van der Waals surface area (Å²) >= 11 is 0. The summed E-state index contributed by atoms with van der Waals surface area (Å²) in [6, 6.07) is 8.80. The van der Waals surface area contributed by atoms with Crippen molar-refractivity contribution in [2.75, 3.05) is 50.1 Å². The van der Waals surface area contributed by atoms with Crippen molar-refractivity contribution in [2.24, 2.45) is 4.99 Å². The van der Waals surface area contributed by atoms with Crippen LogP contribution in [0.2, 0.25) is 0 Å². The van der Waals surface area contributed by atoms with E-state index >= 15 is 0 Å². The van der Waals surface area contributed by atoms with Gasteiger partial charge in [0, 0.05) is 37.5 Å². The molecule has 13 heteroatoms. The second-order valence-electron chi connectivity index (χ2n) is 8.75. The first-order chi connectivity index (χ1) is 17.8. The molecule has 0 spiro atoms. The number of aromatic nitrogens is 3. The predicted molar refractivity (Wildman–Crippen MR) is 130 cm³/mol. The zero-order chi connectivity index (χ0) is 25.8. The standard InChI is InChI=1S/C24H26F3N7O3/c1-15-2-5-19(37-15)12-28-21-31-22(33-23(32-21)36-14-24(25,26)27)30-17-4-3-16-10-18(29-20(16)11-17)13-34-6-8-35-9-7-34/h2-5,11H,6-10,12-14H2,1H3,(H2,28,30,31,32,33). The van der Waals surface area contributed by atoms with Crippen molar-refractivity contribution in [1.29, 1.82) is 0 Å². The van der Waals surface area contributed by atoms with E-state index in [1.807, 2.05) is 25.1 Å². The molecule has 2 aliphatic heterocycles. The van der Waals surface area contributed by atoms with E-state index in [0.717, 1.165) is 62.0 Å². The molecule has 3 aromatic rings. The van der Waals surface area contributed by atoms with Gasteiger partial charge in [-0.15, -0.1) is 0 Å². The Morgan fingerprint density at radius 1 is 1.05 bits per heavy atom. The molecule has 10 nitrogen and oxygen atoms in total. The molecular weight excluding hydrogens is 491 g/mol. The van der Waals surface area contributed by atoms with E-state index < -0.39 is 18.8 Å². The van der Waals surface area contributed by atoms with E-state index in [1.165, 1.54) is 0 Å². The van der Waals surface area contributed by atoms with Gasteiger partial charge in [-0.25, -0.2) is 0 Å². The number of nitrogens with one attached hydrogen (secondary N) is 2. The summed E-state index contributed by atoms with van der Waals surface area (Å²) in [5.41, 5.74) is 3.66. The van der Waals surface area contributed by atoms with Crippen LogP contribution in [0.3, 0.4) is 0 Å². The number of aryl methyl sites for hydroxylation is 1. The van der Waals surface area contributed by atoms with Crippen LogP contribution in [-0.4, -0.2) is 71.2 Å². The number of benzene rings is 1. The average molecular weight is 518 g/mol. The van der Waals surface area contributed by atoms with Crippen molar-refractivity contribution in [1.82, 2.24) is 19.9 Å². The highest BCUT2D eigenvalue weighted by Crippen LogP contribution is 2.31. The number of furan rings is 1. The van der Waals surface area contributed by atoms with Crippen molar-refractivity contribution >= 4 is 29.0 Å². The maximum atomic E-state index is 12.7. The van der Waals surface area contributed by atoms with Crippen LogP contribution in [0.15, 0.2) is 39.7 Å². The van der Waals surface area contributed by atoms with Crippen LogP contribution in [0.25, 0.3) is 0 Å². The Hall–Kier alpha value is -3.71. The normalized spacial score (nSPS) is 15.8. The molecule has 1 saturated heterocycles. The third-order valence-corrected chi connectivity index (χ3v) is 5.72. The van der Waals surface area contributed by atoms with Crippen LogP contribution >= 0.6 is 0 Å². The van der Waals surface area contributed by atoms with Gasteiger partial charge in [0.1, 0.15) is 11.5 Å². The van der Waals surface area contributed by atoms with Crippen LogP contribution in [0.1, 0.15) is 17.1 Å². The molecule has 0 unspecified atom stereocenters. The summed E-state index contributed by atoms with van der Waals surface area (Å²) in [5.74, 6) is 1.42. The molecule has 0 aliphatic carbocycles. The maximum absolute atomic E-state index is 12.7. The molecule has 0 radical (unpaired) electrons. The number of nitrogens with zero attached hydrogens (tertiary/aromatic N) is 5. The second kappa shape index (κ2) is 10.7. The van der Waals surface area contributed by atoms with E-state index in [-0.39, 0.29) is 18.4 Å². The Balaban J connectivity index is 1.31. The smallest absolute Gasteiger partial charge is 0.422 e. The Kier molecular flexibility index (Phi) is 7.24. The fourth-order valence-electron chi connectivity index (χ4n) is 4.01. The van der Waals surface area contributed by atoms with Crippen molar-refractivity contribution in [3.05, 3.63) is 47.4 Å². The van der Waals surface area contributed by atoms with Crippen LogP contribution in [0, 0.1) is 6.92 Å². The van der Waals surface area contributed by atoms with Gasteiger partial charge in [0.15, 0.2) is 6.61 Å². The largest absolute Gasteiger partial charge is 0.465 e. The minimum Gasteiger partial charge on any atom is -0.465 e. The number of hydrogen-bond donors (Lipinski definition) is 2. The molecule has 1 aromatic carbocycles. The molecule has 5 rings (SSSR count). The molecule has 0 atom stereocenters. The summed E-state index contributed by atoms with van der Waals surface area (Å²) in [5, 5.41) is 5.96. The monoisotopic (exact) mass is 517 g/mol. The molecule has 2 aliphatic rings. The lowest BCUT2D eigenvalue weighted by molar-refractivity contribution is -0.154. The molecule has 0 bridgehead atoms. The lowest BCUT2D eigenvalue weighted by atomic mass is 10.1. The van der Waals surface area contributed by atoms with Crippen LogP contribution < -0.4 is 15.4 Å². The SMILES string of the molecule is Cc1ccc(CNc2nc(Nc3ccc4c(c3)N=C(CN3CCOCC3)C4)nc(OCC(F)(F)F)n2)o1. The van der Waals surface area contributed by atoms with Crippen molar-refractivity contribution in [3.63, 3.8) is 0 Å². The quantitative estimate of drug-likeness (QED) is 0.435. The molecule has 4 heterocycles. The highest BCUT2D eigenvalue weighted by molar-refractivity contribution is 5.96. The van der Waals surface area contributed by atoms with E-state index in [0.29, 0.717) is 11.4 Å². The Morgan fingerprint density at radius 2 is 1.86 bits per heavy atom. The van der Waals surface area contributed by atoms with Gasteiger partial charge in [-0.2, -0.15) is 28.1 Å². The number of alkyl halides is 3. The predicted octanol–water partition coefficient (Wildman–Crippen LogP) is 4.03. The molecule has 1 fully saturated rings. The zero-order valence-electron chi connectivity index (χ0n) is 20.1. The van der Waals surface area contributed by atoms with Gasteiger partial charge in [-0.1, -0.05) is 6.07 Å². The van der Waals surface area contributed by atoms with Crippen LogP contribution in [0.5, 0.6) is 6.01 Å². The van der Waals surface area contributed by atoms with Crippen molar-refractivity contribution in [3.8, 4) is 6.01 Å². The Labute approximate surface area is 210 Å². The first-order valence-corrected chi connectivity index (χ1v) is 11.8. The number of anilines is 3. The van der Waals surface area contributed by atoms with Gasteiger partial charge >= 0.3 is 12.2 Å². The molecular formula is C24H26F3N7O3. The number of fused-ring (bicyclic) bond motifs is 1. The number of aliphatic imine (C=N–C) groups is 1. The highest BCUT2D eigenvalue weighted by atomic mass is 19.4. The van der Waals surface area contributed by atoms with Gasteiger partial charge in [0.25, 0.3) is 0 Å². The number of morpholine rings is 1. The molecule has 196 valence electrons. The highest BCUT2D eigenvalue weighted by Gasteiger charge is 2.29. The van der Waals surface area contributed by atoms with Gasteiger partial charge in [-0.05, 0) is 36.8 Å². The molecule has 0 saturated carbocycles. The summed E-state index contributed by atoms with van der Waals surface area (Å²) in [6.07, 6.45) is -3.76. The maximum Gasteiger partial charge on any atom is 0.422 e. The topological polar surface area (TPSA) is 110 Å².